The number of nitrogens with one attached hydrogen (secondary N) is 1. The van der Waals surface area contributed by atoms with Crippen LogP contribution in [0.4, 0.5) is 0 Å². The van der Waals surface area contributed by atoms with Crippen LogP contribution in [0.15, 0.2) is 0 Å². The minimum atomic E-state index is -1.05. The van der Waals surface area contributed by atoms with E-state index in [0.29, 0.717) is 0 Å². The van der Waals surface area contributed by atoms with E-state index >= 15 is 0 Å². The van der Waals surface area contributed by atoms with Crippen LogP contribution in [0.2, 0.25) is 0 Å². The van der Waals surface area contributed by atoms with Gasteiger partial charge in [-0.3, -0.25) is 9.59 Å². The van der Waals surface area contributed by atoms with Crippen LogP contribution < -0.4 is 11.1 Å². The summed E-state index contributed by atoms with van der Waals surface area (Å²) in [4.78, 5) is 22.1. The first kappa shape index (κ1) is 15.2. The first-order chi connectivity index (χ1) is 7.13. The monoisotopic (exact) mass is 248 g/mol. The summed E-state index contributed by atoms with van der Waals surface area (Å²) in [6.07, 6.45) is 0. The van der Waals surface area contributed by atoms with Gasteiger partial charge >= 0.3 is 5.97 Å². The lowest BCUT2D eigenvalue weighted by Crippen LogP contribution is -2.44. The molecule has 0 spiro atoms. The molecule has 0 saturated heterocycles. The summed E-state index contributed by atoms with van der Waals surface area (Å²) >= 11 is 1.24. The van der Waals surface area contributed by atoms with E-state index < -0.39 is 12.0 Å². The van der Waals surface area contributed by atoms with Crippen LogP contribution in [0.1, 0.15) is 27.7 Å². The molecular formula is C10H20N2O3S. The fourth-order valence-electron chi connectivity index (χ4n) is 0.866. The molecule has 0 radical (unpaired) electrons. The van der Waals surface area contributed by atoms with E-state index in [0.717, 1.165) is 0 Å². The molecule has 16 heavy (non-hydrogen) atoms. The highest BCUT2D eigenvalue weighted by atomic mass is 32.2. The Morgan fingerprint density at radius 2 is 1.94 bits per heavy atom. The van der Waals surface area contributed by atoms with Gasteiger partial charge in [0, 0.05) is 11.3 Å². The molecule has 0 saturated carbocycles. The highest BCUT2D eigenvalue weighted by Crippen LogP contribution is 2.13. The number of nitrogens with two attached hydrogens (primary N) is 1. The molecule has 0 aliphatic carbocycles. The third-order valence-electron chi connectivity index (χ3n) is 1.71. The summed E-state index contributed by atoms with van der Waals surface area (Å²) < 4.78 is 0. The molecular weight excluding hydrogens is 228 g/mol. The Kier molecular flexibility index (Phi) is 5.81. The van der Waals surface area contributed by atoms with Gasteiger partial charge in [0.25, 0.3) is 0 Å². The first-order valence-corrected chi connectivity index (χ1v) is 6.10. The van der Waals surface area contributed by atoms with Crippen LogP contribution in [0.3, 0.4) is 0 Å². The number of aliphatic carboxylic acids is 1. The highest BCUT2D eigenvalue weighted by molar-refractivity contribution is 8.00. The molecule has 2 unspecified atom stereocenters. The van der Waals surface area contributed by atoms with E-state index in [1.165, 1.54) is 11.8 Å². The normalized spacial score (nSPS) is 15.3. The van der Waals surface area contributed by atoms with Crippen molar-refractivity contribution in [3.05, 3.63) is 0 Å². The molecule has 94 valence electrons. The van der Waals surface area contributed by atoms with Gasteiger partial charge in [-0.15, -0.1) is 11.8 Å². The van der Waals surface area contributed by atoms with Gasteiger partial charge in [-0.05, 0) is 27.7 Å². The number of carboxylic acid groups (broad SMARTS) is 1. The Bertz CT molecular complexity index is 263. The molecule has 0 heterocycles. The molecule has 5 nitrogen and oxygen atoms in total. The van der Waals surface area contributed by atoms with Crippen molar-refractivity contribution in [2.45, 2.75) is 44.5 Å². The average molecular weight is 248 g/mol. The molecule has 1 amide bonds. The average Bonchev–Trinajstić information content (AvgIpc) is 2.10. The molecule has 0 bridgehead atoms. The number of carbonyl (C=O) groups excluding carboxylic acids is 1. The van der Waals surface area contributed by atoms with Crippen LogP contribution in [0.25, 0.3) is 0 Å². The Morgan fingerprint density at radius 3 is 2.31 bits per heavy atom. The number of hydrogen-bond acceptors (Lipinski definition) is 4. The SMILES string of the molecule is CC(SCC(N)C(=O)O)C(=O)NC(C)(C)C. The number of carbonyl (C=O) groups is 2. The lowest BCUT2D eigenvalue weighted by Gasteiger charge is -2.23. The predicted octanol–water partition coefficient (Wildman–Crippen LogP) is 0.435. The zero-order chi connectivity index (χ0) is 12.9. The van der Waals surface area contributed by atoms with E-state index in [2.05, 4.69) is 5.32 Å². The zero-order valence-corrected chi connectivity index (χ0v) is 10.9. The largest absolute Gasteiger partial charge is 0.480 e. The highest BCUT2D eigenvalue weighted by Gasteiger charge is 2.21. The summed E-state index contributed by atoms with van der Waals surface area (Å²) in [5.74, 6) is -0.917. The van der Waals surface area contributed by atoms with Crippen molar-refractivity contribution in [3.8, 4) is 0 Å². The van der Waals surface area contributed by atoms with Crippen LogP contribution in [-0.4, -0.2) is 39.6 Å². The van der Waals surface area contributed by atoms with E-state index in [9.17, 15) is 9.59 Å². The van der Waals surface area contributed by atoms with Gasteiger partial charge in [-0.1, -0.05) is 0 Å². The van der Waals surface area contributed by atoms with Crippen LogP contribution in [0, 0.1) is 0 Å². The lowest BCUT2D eigenvalue weighted by atomic mass is 10.1. The number of amides is 1. The second kappa shape index (κ2) is 6.10. The van der Waals surface area contributed by atoms with Gasteiger partial charge in [-0.25, -0.2) is 0 Å². The molecule has 0 fully saturated rings. The maximum Gasteiger partial charge on any atom is 0.321 e. The lowest BCUT2D eigenvalue weighted by molar-refractivity contribution is -0.138. The first-order valence-electron chi connectivity index (χ1n) is 5.05. The van der Waals surface area contributed by atoms with Gasteiger partial charge in [0.1, 0.15) is 6.04 Å². The van der Waals surface area contributed by atoms with Crippen molar-refractivity contribution in [1.29, 1.82) is 0 Å². The predicted molar refractivity (Wildman–Crippen MR) is 65.4 cm³/mol. The van der Waals surface area contributed by atoms with Crippen molar-refractivity contribution >= 4 is 23.6 Å². The third kappa shape index (κ3) is 6.68. The molecule has 4 N–H and O–H groups in total. The zero-order valence-electron chi connectivity index (χ0n) is 10.1. The number of rotatable bonds is 5. The maximum absolute atomic E-state index is 11.6. The minimum Gasteiger partial charge on any atom is -0.480 e. The molecule has 0 aliphatic heterocycles. The Hall–Kier alpha value is -0.750. The quantitative estimate of drug-likeness (QED) is 0.656. The molecule has 0 aromatic heterocycles. The number of hydrogen-bond donors (Lipinski definition) is 3. The van der Waals surface area contributed by atoms with Crippen molar-refractivity contribution in [1.82, 2.24) is 5.32 Å². The molecule has 2 atom stereocenters. The molecule has 0 aromatic carbocycles. The van der Waals surface area contributed by atoms with Crippen LogP contribution >= 0.6 is 11.8 Å². The van der Waals surface area contributed by atoms with Crippen LogP contribution in [0.5, 0.6) is 0 Å². The standard InChI is InChI=1S/C10H20N2O3S/c1-6(8(13)12-10(2,3)4)16-5-7(11)9(14)15/h6-7H,5,11H2,1-4H3,(H,12,13)(H,14,15). The molecule has 0 rings (SSSR count). The molecule has 6 heteroatoms. The summed E-state index contributed by atoms with van der Waals surface area (Å²) in [5.41, 5.74) is 5.06. The Balaban J connectivity index is 4.02. The van der Waals surface area contributed by atoms with Crippen molar-refractivity contribution < 1.29 is 14.7 Å². The fourth-order valence-corrected chi connectivity index (χ4v) is 1.72. The van der Waals surface area contributed by atoms with Crippen LogP contribution in [-0.2, 0) is 9.59 Å². The summed E-state index contributed by atoms with van der Waals surface area (Å²) in [6, 6.07) is -0.921. The summed E-state index contributed by atoms with van der Waals surface area (Å²) in [5, 5.41) is 11.1. The minimum absolute atomic E-state index is 0.102. The Morgan fingerprint density at radius 1 is 1.44 bits per heavy atom. The van der Waals surface area contributed by atoms with Gasteiger partial charge < -0.3 is 16.2 Å². The molecule has 0 aromatic rings. The van der Waals surface area contributed by atoms with Crippen molar-refractivity contribution in [3.63, 3.8) is 0 Å². The van der Waals surface area contributed by atoms with Gasteiger partial charge in [0.15, 0.2) is 0 Å². The van der Waals surface area contributed by atoms with E-state index in [1.54, 1.807) is 6.92 Å². The van der Waals surface area contributed by atoms with E-state index in [1.807, 2.05) is 20.8 Å². The summed E-state index contributed by atoms with van der Waals surface area (Å²) in [7, 11) is 0. The molecule has 0 aliphatic rings. The van der Waals surface area contributed by atoms with Gasteiger partial charge in [-0.2, -0.15) is 0 Å². The van der Waals surface area contributed by atoms with E-state index in [4.69, 9.17) is 10.8 Å². The van der Waals surface area contributed by atoms with Gasteiger partial charge in [0.05, 0.1) is 5.25 Å². The third-order valence-corrected chi connectivity index (χ3v) is 2.98. The second-order valence-electron chi connectivity index (χ2n) is 4.66. The maximum atomic E-state index is 11.6. The Labute approximate surface area is 100 Å². The van der Waals surface area contributed by atoms with Gasteiger partial charge in [0.2, 0.25) is 5.91 Å². The smallest absolute Gasteiger partial charge is 0.321 e. The number of carboxylic acids is 1. The van der Waals surface area contributed by atoms with Crippen molar-refractivity contribution in [2.24, 2.45) is 5.73 Å². The summed E-state index contributed by atoms with van der Waals surface area (Å²) in [6.45, 7) is 7.42. The second-order valence-corrected chi connectivity index (χ2v) is 6.03. The van der Waals surface area contributed by atoms with E-state index in [-0.39, 0.29) is 22.4 Å². The fraction of sp³-hybridized carbons (Fsp3) is 0.800. The number of thioether (sulfide) groups is 1. The van der Waals surface area contributed by atoms with Crippen molar-refractivity contribution in [2.75, 3.05) is 5.75 Å². The topological polar surface area (TPSA) is 92.4 Å².